The van der Waals surface area contributed by atoms with Crippen LogP contribution < -0.4 is 10.6 Å². The number of rotatable bonds is 5. The second kappa shape index (κ2) is 8.02. The molecular weight excluding hydrogens is 264 g/mol. The van der Waals surface area contributed by atoms with Gasteiger partial charge in [-0.3, -0.25) is 0 Å². The van der Waals surface area contributed by atoms with Gasteiger partial charge in [0, 0.05) is 18.6 Å². The molecule has 1 aliphatic carbocycles. The fraction of sp³-hybridized carbons (Fsp3) is 0.941. The summed E-state index contributed by atoms with van der Waals surface area (Å²) >= 11 is 0. The number of nitrogens with one attached hydrogen (secondary N) is 2. The van der Waals surface area contributed by atoms with Gasteiger partial charge in [0.2, 0.25) is 0 Å². The van der Waals surface area contributed by atoms with Crippen molar-refractivity contribution in [1.82, 2.24) is 10.6 Å². The third-order valence-electron chi connectivity index (χ3n) is 4.36. The van der Waals surface area contributed by atoms with Crippen LogP contribution in [0.3, 0.4) is 0 Å². The van der Waals surface area contributed by atoms with Crippen molar-refractivity contribution < 1.29 is 9.53 Å². The molecule has 2 N–H and O–H groups in total. The topological polar surface area (TPSA) is 50.4 Å². The minimum Gasteiger partial charge on any atom is -0.444 e. The molecule has 3 unspecified atom stereocenters. The van der Waals surface area contributed by atoms with Gasteiger partial charge < -0.3 is 15.4 Å². The number of hydrogen-bond donors (Lipinski definition) is 2. The summed E-state index contributed by atoms with van der Waals surface area (Å²) in [6, 6.07) is 0.870. The molecule has 4 heteroatoms. The minimum absolute atomic E-state index is 0.311. The van der Waals surface area contributed by atoms with E-state index in [0.29, 0.717) is 30.5 Å². The van der Waals surface area contributed by atoms with Gasteiger partial charge >= 0.3 is 6.09 Å². The molecule has 3 atom stereocenters. The molecule has 0 bridgehead atoms. The van der Waals surface area contributed by atoms with Gasteiger partial charge in [-0.25, -0.2) is 4.79 Å². The summed E-state index contributed by atoms with van der Waals surface area (Å²) < 4.78 is 5.29. The number of hydrogen-bond acceptors (Lipinski definition) is 3. The highest BCUT2D eigenvalue weighted by Gasteiger charge is 2.29. The van der Waals surface area contributed by atoms with E-state index in [4.69, 9.17) is 4.74 Å². The number of carbonyl (C=O) groups is 1. The minimum atomic E-state index is -0.439. The predicted octanol–water partition coefficient (Wildman–Crippen LogP) is 3.70. The Hall–Kier alpha value is -0.770. The lowest BCUT2D eigenvalue weighted by Gasteiger charge is -2.38. The fourth-order valence-corrected chi connectivity index (χ4v) is 3.12. The zero-order valence-electron chi connectivity index (χ0n) is 14.7. The second-order valence-corrected chi connectivity index (χ2v) is 7.57. The van der Waals surface area contributed by atoms with Crippen LogP contribution in [0.25, 0.3) is 0 Å². The Morgan fingerprint density at radius 2 is 1.81 bits per heavy atom. The van der Waals surface area contributed by atoms with E-state index in [1.165, 1.54) is 19.3 Å². The van der Waals surface area contributed by atoms with Gasteiger partial charge in [-0.2, -0.15) is 0 Å². The zero-order valence-corrected chi connectivity index (χ0v) is 14.7. The Kier molecular flexibility index (Phi) is 6.98. The molecule has 124 valence electrons. The van der Waals surface area contributed by atoms with Crippen LogP contribution in [0.2, 0.25) is 0 Å². The van der Waals surface area contributed by atoms with Crippen LogP contribution in [0.1, 0.15) is 67.2 Å². The molecule has 0 aromatic heterocycles. The van der Waals surface area contributed by atoms with Crippen LogP contribution >= 0.6 is 0 Å². The van der Waals surface area contributed by atoms with E-state index in [9.17, 15) is 4.79 Å². The average molecular weight is 298 g/mol. The largest absolute Gasteiger partial charge is 0.444 e. The molecule has 0 heterocycles. The molecule has 0 aromatic rings. The van der Waals surface area contributed by atoms with Crippen molar-refractivity contribution >= 4 is 6.09 Å². The van der Waals surface area contributed by atoms with Gasteiger partial charge in [0.05, 0.1) is 0 Å². The summed E-state index contributed by atoms with van der Waals surface area (Å²) in [6.07, 6.45) is 4.63. The molecule has 0 spiro atoms. The lowest BCUT2D eigenvalue weighted by Crippen LogP contribution is -2.51. The van der Waals surface area contributed by atoms with Crippen LogP contribution in [0, 0.1) is 11.8 Å². The Morgan fingerprint density at radius 1 is 1.24 bits per heavy atom. The first-order valence-electron chi connectivity index (χ1n) is 8.45. The highest BCUT2D eigenvalue weighted by molar-refractivity contribution is 5.67. The first-order valence-corrected chi connectivity index (χ1v) is 8.45. The molecule has 1 amide bonds. The van der Waals surface area contributed by atoms with Crippen LogP contribution in [-0.2, 0) is 4.74 Å². The van der Waals surface area contributed by atoms with Crippen molar-refractivity contribution in [3.05, 3.63) is 0 Å². The molecule has 0 saturated heterocycles. The summed E-state index contributed by atoms with van der Waals surface area (Å²) in [6.45, 7) is 13.1. The first kappa shape index (κ1) is 18.3. The molecule has 0 radical (unpaired) electrons. The maximum absolute atomic E-state index is 11.7. The third kappa shape index (κ3) is 6.68. The van der Waals surface area contributed by atoms with Crippen molar-refractivity contribution in [2.75, 3.05) is 6.54 Å². The Labute approximate surface area is 130 Å². The fourth-order valence-electron chi connectivity index (χ4n) is 3.12. The van der Waals surface area contributed by atoms with Crippen molar-refractivity contribution in [3.63, 3.8) is 0 Å². The molecule has 1 saturated carbocycles. The maximum Gasteiger partial charge on any atom is 0.407 e. The van der Waals surface area contributed by atoms with E-state index >= 15 is 0 Å². The number of ether oxygens (including phenoxy) is 1. The number of alkyl carbamates (subject to hydrolysis) is 1. The zero-order chi connectivity index (χ0) is 16.0. The van der Waals surface area contributed by atoms with Crippen LogP contribution in [0.4, 0.5) is 4.79 Å². The monoisotopic (exact) mass is 298 g/mol. The average Bonchev–Trinajstić information content (AvgIpc) is 2.35. The van der Waals surface area contributed by atoms with Crippen molar-refractivity contribution in [2.45, 2.75) is 84.9 Å². The van der Waals surface area contributed by atoms with E-state index < -0.39 is 5.60 Å². The van der Waals surface area contributed by atoms with Crippen LogP contribution in [0.15, 0.2) is 0 Å². The van der Waals surface area contributed by atoms with Gasteiger partial charge in [-0.1, -0.05) is 27.2 Å². The third-order valence-corrected chi connectivity index (χ3v) is 4.36. The van der Waals surface area contributed by atoms with Crippen LogP contribution in [-0.4, -0.2) is 30.3 Å². The van der Waals surface area contributed by atoms with Gasteiger partial charge in [0.1, 0.15) is 5.60 Å². The van der Waals surface area contributed by atoms with Crippen molar-refractivity contribution in [2.24, 2.45) is 11.8 Å². The lowest BCUT2D eigenvalue weighted by molar-refractivity contribution is 0.0519. The van der Waals surface area contributed by atoms with Crippen molar-refractivity contribution in [1.29, 1.82) is 0 Å². The smallest absolute Gasteiger partial charge is 0.407 e. The summed E-state index contributed by atoms with van der Waals surface area (Å²) in [4.78, 5) is 11.7. The standard InChI is InChI=1S/C17H34N2O2/c1-7-14(11-18-16(20)21-17(4,5)6)19-15-12(2)9-8-10-13(15)3/h12-15,19H,7-11H2,1-6H3,(H,18,20). The molecule has 21 heavy (non-hydrogen) atoms. The SMILES string of the molecule is CCC(CNC(=O)OC(C)(C)C)NC1C(C)CCCC1C. The molecule has 0 aliphatic heterocycles. The summed E-state index contributed by atoms with van der Waals surface area (Å²) in [5.74, 6) is 1.42. The van der Waals surface area contributed by atoms with Crippen LogP contribution in [0.5, 0.6) is 0 Å². The Morgan fingerprint density at radius 3 is 2.29 bits per heavy atom. The van der Waals surface area contributed by atoms with E-state index in [0.717, 1.165) is 6.42 Å². The second-order valence-electron chi connectivity index (χ2n) is 7.57. The van der Waals surface area contributed by atoms with E-state index in [1.54, 1.807) is 0 Å². The highest BCUT2D eigenvalue weighted by atomic mass is 16.6. The molecule has 4 nitrogen and oxygen atoms in total. The molecular formula is C17H34N2O2. The van der Waals surface area contributed by atoms with E-state index in [1.807, 2.05) is 20.8 Å². The molecule has 1 aliphatic rings. The maximum atomic E-state index is 11.7. The molecule has 1 rings (SSSR count). The first-order chi connectivity index (χ1) is 9.73. The predicted molar refractivity (Wildman–Crippen MR) is 87.4 cm³/mol. The van der Waals surface area contributed by atoms with E-state index in [-0.39, 0.29) is 6.09 Å². The quantitative estimate of drug-likeness (QED) is 0.813. The van der Waals surface area contributed by atoms with Gasteiger partial charge in [-0.05, 0) is 51.9 Å². The summed E-state index contributed by atoms with van der Waals surface area (Å²) in [5, 5.41) is 6.64. The number of amides is 1. The summed E-state index contributed by atoms with van der Waals surface area (Å²) in [7, 11) is 0. The number of carbonyl (C=O) groups excluding carboxylic acids is 1. The van der Waals surface area contributed by atoms with Gasteiger partial charge in [0.25, 0.3) is 0 Å². The summed E-state index contributed by atoms with van der Waals surface area (Å²) in [5.41, 5.74) is -0.439. The van der Waals surface area contributed by atoms with Gasteiger partial charge in [-0.15, -0.1) is 0 Å². The lowest BCUT2D eigenvalue weighted by atomic mass is 9.78. The molecule has 1 fully saturated rings. The highest BCUT2D eigenvalue weighted by Crippen LogP contribution is 2.29. The normalized spacial score (nSPS) is 28.0. The Bertz CT molecular complexity index is 315. The Balaban J connectivity index is 2.42. The van der Waals surface area contributed by atoms with E-state index in [2.05, 4.69) is 31.4 Å². The van der Waals surface area contributed by atoms with Gasteiger partial charge in [0.15, 0.2) is 0 Å². The molecule has 0 aromatic carbocycles. The van der Waals surface area contributed by atoms with Crippen molar-refractivity contribution in [3.8, 4) is 0 Å².